The van der Waals surface area contributed by atoms with Crippen LogP contribution in [-0.4, -0.2) is 0 Å². The van der Waals surface area contributed by atoms with Crippen molar-refractivity contribution in [3.8, 4) is 24.0 Å². The Morgan fingerprint density at radius 3 is 2.38 bits per heavy atom. The van der Waals surface area contributed by atoms with Crippen molar-refractivity contribution >= 4 is 0 Å². The molecule has 0 radical (unpaired) electrons. The summed E-state index contributed by atoms with van der Waals surface area (Å²) in [4.78, 5) is 0. The first-order valence-corrected chi connectivity index (χ1v) is 2.15. The van der Waals surface area contributed by atoms with Gasteiger partial charge in [-0.3, -0.25) is 0 Å². The van der Waals surface area contributed by atoms with E-state index < -0.39 is 0 Å². The van der Waals surface area contributed by atoms with Gasteiger partial charge in [0.2, 0.25) is 0 Å². The van der Waals surface area contributed by atoms with Crippen molar-refractivity contribution < 1.29 is 0 Å². The van der Waals surface area contributed by atoms with Crippen molar-refractivity contribution in [2.24, 2.45) is 0 Å². The van der Waals surface area contributed by atoms with Gasteiger partial charge in [0.25, 0.3) is 0 Å². The van der Waals surface area contributed by atoms with Gasteiger partial charge in [-0.05, 0) is 0 Å². The first-order chi connectivity index (χ1) is 3.91. The van der Waals surface area contributed by atoms with Gasteiger partial charge in [0.05, 0.1) is 6.07 Å². The molecule has 0 rings (SSSR count). The van der Waals surface area contributed by atoms with E-state index in [2.05, 4.69) is 11.8 Å². The van der Waals surface area contributed by atoms with Gasteiger partial charge in [0.1, 0.15) is 0 Å². The quantitative estimate of drug-likeness (QED) is 0.365. The minimum atomic E-state index is 0.411. The van der Waals surface area contributed by atoms with Crippen LogP contribution >= 0.6 is 0 Å². The zero-order valence-corrected chi connectivity index (χ0v) is 4.31. The van der Waals surface area contributed by atoms with Crippen LogP contribution < -0.4 is 0 Å². The molecule has 0 aromatic carbocycles. The van der Waals surface area contributed by atoms with Crippen molar-refractivity contribution in [2.45, 2.75) is 12.8 Å². The summed E-state index contributed by atoms with van der Waals surface area (Å²) < 4.78 is 0. The molecule has 0 heterocycles. The third-order valence-corrected chi connectivity index (χ3v) is 0.506. The fourth-order valence-electron chi connectivity index (χ4n) is 0.220. The average molecular weight is 104 g/mol. The van der Waals surface area contributed by atoms with Crippen LogP contribution in [-0.2, 0) is 0 Å². The number of rotatable bonds is 1. The lowest BCUT2D eigenvalue weighted by molar-refractivity contribution is 1.09. The lowest BCUT2D eigenvalue weighted by Crippen LogP contribution is -1.61. The van der Waals surface area contributed by atoms with Crippen LogP contribution in [0.5, 0.6) is 0 Å². The Hall–Kier alpha value is -1.46. The largest absolute Gasteiger partial charge is 0.198 e. The van der Waals surface area contributed by atoms with E-state index in [0.29, 0.717) is 12.8 Å². The highest BCUT2D eigenvalue weighted by Crippen LogP contribution is 1.79. The van der Waals surface area contributed by atoms with Crippen LogP contribution in [0.3, 0.4) is 0 Å². The molecule has 0 saturated carbocycles. The molecule has 0 spiro atoms. The molecule has 0 saturated heterocycles. The predicted octanol–water partition coefficient (Wildman–Crippen LogP) is 0.817. The molecule has 0 bridgehead atoms. The van der Waals surface area contributed by atoms with Crippen molar-refractivity contribution in [3.63, 3.8) is 0 Å². The second-order valence-electron chi connectivity index (χ2n) is 1.07. The van der Waals surface area contributed by atoms with Crippen molar-refractivity contribution in [1.29, 1.82) is 10.5 Å². The Bertz CT molecular complexity index is 181. The summed E-state index contributed by atoms with van der Waals surface area (Å²) in [5.74, 6) is 4.69. The van der Waals surface area contributed by atoms with Gasteiger partial charge in [-0.1, -0.05) is 5.92 Å². The van der Waals surface area contributed by atoms with Gasteiger partial charge >= 0.3 is 0 Å². The van der Waals surface area contributed by atoms with Crippen LogP contribution in [0.1, 0.15) is 12.8 Å². The van der Waals surface area contributed by atoms with E-state index in [-0.39, 0.29) is 0 Å². The summed E-state index contributed by atoms with van der Waals surface area (Å²) in [6.45, 7) is 0. The third kappa shape index (κ3) is 4.54. The molecular weight excluding hydrogens is 100 g/mol. The van der Waals surface area contributed by atoms with E-state index in [1.54, 1.807) is 6.07 Å². The smallest absolute Gasteiger partial charge is 0.152 e. The summed E-state index contributed by atoms with van der Waals surface area (Å²) in [7, 11) is 0. The monoisotopic (exact) mass is 104 g/mol. The number of hydrogen-bond donors (Lipinski definition) is 0. The second-order valence-corrected chi connectivity index (χ2v) is 1.07. The molecule has 2 nitrogen and oxygen atoms in total. The van der Waals surface area contributed by atoms with E-state index in [0.717, 1.165) is 0 Å². The molecule has 2 heteroatoms. The summed E-state index contributed by atoms with van der Waals surface area (Å²) in [6.07, 6.45) is 0.915. The number of nitriles is 2. The van der Waals surface area contributed by atoms with E-state index in [1.165, 1.54) is 0 Å². The predicted molar refractivity (Wildman–Crippen MR) is 28.2 cm³/mol. The van der Waals surface area contributed by atoms with Crippen LogP contribution in [0.15, 0.2) is 0 Å². The Morgan fingerprint density at radius 1 is 1.12 bits per heavy atom. The molecule has 0 aliphatic rings. The molecule has 0 aromatic rings. The maximum atomic E-state index is 7.96. The van der Waals surface area contributed by atoms with E-state index >= 15 is 0 Å². The van der Waals surface area contributed by atoms with Gasteiger partial charge in [0, 0.05) is 18.8 Å². The molecule has 0 aliphatic carbocycles. The van der Waals surface area contributed by atoms with Crippen LogP contribution in [0.25, 0.3) is 0 Å². The van der Waals surface area contributed by atoms with E-state index in [1.807, 2.05) is 6.07 Å². The van der Waals surface area contributed by atoms with Gasteiger partial charge in [-0.15, -0.1) is 0 Å². The van der Waals surface area contributed by atoms with E-state index in [9.17, 15) is 0 Å². The first-order valence-electron chi connectivity index (χ1n) is 2.15. The topological polar surface area (TPSA) is 47.6 Å². The summed E-state index contributed by atoms with van der Waals surface area (Å²) in [6, 6.07) is 3.57. The Kier molecular flexibility index (Phi) is 4.53. The fourth-order valence-corrected chi connectivity index (χ4v) is 0.220. The minimum Gasteiger partial charge on any atom is -0.198 e. The third-order valence-electron chi connectivity index (χ3n) is 0.506. The zero-order chi connectivity index (χ0) is 6.24. The molecular formula is C6H4N2. The molecule has 38 valence electrons. The molecule has 0 N–H and O–H groups in total. The Balaban J connectivity index is 3.23. The molecule has 0 fully saturated rings. The van der Waals surface area contributed by atoms with Crippen LogP contribution in [0.2, 0.25) is 0 Å². The fraction of sp³-hybridized carbons (Fsp3) is 0.333. The lowest BCUT2D eigenvalue weighted by atomic mass is 10.3. The summed E-state index contributed by atoms with van der Waals surface area (Å²) in [5.41, 5.74) is 0. The van der Waals surface area contributed by atoms with Crippen LogP contribution in [0.4, 0.5) is 0 Å². The molecule has 0 amide bonds. The van der Waals surface area contributed by atoms with Crippen molar-refractivity contribution in [2.75, 3.05) is 0 Å². The highest BCUT2D eigenvalue weighted by molar-refractivity contribution is 5.16. The van der Waals surface area contributed by atoms with Gasteiger partial charge in [-0.2, -0.15) is 10.5 Å². The van der Waals surface area contributed by atoms with E-state index in [4.69, 9.17) is 10.5 Å². The summed E-state index contributed by atoms with van der Waals surface area (Å²) in [5, 5.41) is 15.8. The van der Waals surface area contributed by atoms with Crippen molar-refractivity contribution in [1.82, 2.24) is 0 Å². The Labute approximate surface area is 48.3 Å². The Morgan fingerprint density at radius 2 is 1.88 bits per heavy atom. The number of unbranched alkanes of at least 4 members (excludes halogenated alkanes) is 1. The SMILES string of the molecule is N#CC#CCCC#N. The molecule has 0 aliphatic heterocycles. The van der Waals surface area contributed by atoms with Crippen molar-refractivity contribution in [3.05, 3.63) is 0 Å². The molecule has 0 atom stereocenters. The highest BCUT2D eigenvalue weighted by atomic mass is 14.2. The molecule has 8 heavy (non-hydrogen) atoms. The molecule has 0 unspecified atom stereocenters. The van der Waals surface area contributed by atoms with Crippen LogP contribution in [0, 0.1) is 34.5 Å². The zero-order valence-electron chi connectivity index (χ0n) is 4.31. The number of hydrogen-bond acceptors (Lipinski definition) is 2. The van der Waals surface area contributed by atoms with Gasteiger partial charge < -0.3 is 0 Å². The summed E-state index contributed by atoms with van der Waals surface area (Å²) >= 11 is 0. The normalized spacial score (nSPS) is 5.25. The number of nitrogens with zero attached hydrogens (tertiary/aromatic N) is 2. The highest BCUT2D eigenvalue weighted by Gasteiger charge is 1.72. The second kappa shape index (κ2) is 5.54. The lowest BCUT2D eigenvalue weighted by Gasteiger charge is -1.68. The standard InChI is InChI=1S/C6H4N2/c7-5-3-1-2-4-6-8/h1,3H2. The first kappa shape index (κ1) is 6.54. The maximum absolute atomic E-state index is 7.96. The average Bonchev–Trinajstić information content (AvgIpc) is 1.81. The minimum absolute atomic E-state index is 0.411. The maximum Gasteiger partial charge on any atom is 0.152 e. The molecule has 0 aromatic heterocycles. The van der Waals surface area contributed by atoms with Gasteiger partial charge in [-0.25, -0.2) is 0 Å². The van der Waals surface area contributed by atoms with Gasteiger partial charge in [0.15, 0.2) is 6.07 Å².